The first-order chi connectivity index (χ1) is 9.12. The van der Waals surface area contributed by atoms with E-state index in [0.29, 0.717) is 6.54 Å². The summed E-state index contributed by atoms with van der Waals surface area (Å²) in [6, 6.07) is 5.68. The van der Waals surface area contributed by atoms with Crippen LogP contribution >= 0.6 is 0 Å². The van der Waals surface area contributed by atoms with Crippen molar-refractivity contribution in [2.24, 2.45) is 12.8 Å². The summed E-state index contributed by atoms with van der Waals surface area (Å²) in [4.78, 5) is 4.58. The van der Waals surface area contributed by atoms with Gasteiger partial charge in [-0.05, 0) is 19.1 Å². The third kappa shape index (κ3) is 2.29. The van der Waals surface area contributed by atoms with Gasteiger partial charge in [-0.3, -0.25) is 0 Å². The van der Waals surface area contributed by atoms with Gasteiger partial charge in [-0.25, -0.2) is 4.98 Å². The normalized spacial score (nSPS) is 10.6. The van der Waals surface area contributed by atoms with Crippen LogP contribution in [0.5, 0.6) is 11.5 Å². The molecule has 0 spiro atoms. The van der Waals surface area contributed by atoms with Crippen molar-refractivity contribution in [3.8, 4) is 22.8 Å². The molecule has 0 bridgehead atoms. The second-order valence-electron chi connectivity index (χ2n) is 4.28. The summed E-state index contributed by atoms with van der Waals surface area (Å²) < 4.78 is 12.6. The largest absolute Gasteiger partial charge is 0.497 e. The van der Waals surface area contributed by atoms with E-state index in [-0.39, 0.29) is 0 Å². The Kier molecular flexibility index (Phi) is 3.76. The lowest BCUT2D eigenvalue weighted by molar-refractivity contribution is 0.395. The maximum absolute atomic E-state index is 5.82. The number of aromatic nitrogens is 2. The smallest absolute Gasteiger partial charge is 0.132 e. The van der Waals surface area contributed by atoms with Crippen LogP contribution in [0.1, 0.15) is 11.5 Å². The molecule has 1 aromatic heterocycles. The molecule has 1 aromatic carbocycles. The predicted octanol–water partition coefficient (Wildman–Crippen LogP) is 1.87. The first-order valence-electron chi connectivity index (χ1n) is 6.07. The van der Waals surface area contributed by atoms with Gasteiger partial charge in [0, 0.05) is 25.2 Å². The highest BCUT2D eigenvalue weighted by atomic mass is 16.5. The molecule has 0 radical (unpaired) electrons. The van der Waals surface area contributed by atoms with E-state index < -0.39 is 0 Å². The highest BCUT2D eigenvalue weighted by Gasteiger charge is 2.16. The molecule has 0 aliphatic carbocycles. The summed E-state index contributed by atoms with van der Waals surface area (Å²) in [5.74, 6) is 2.41. The Morgan fingerprint density at radius 1 is 1.26 bits per heavy atom. The van der Waals surface area contributed by atoms with Crippen LogP contribution in [0.2, 0.25) is 0 Å². The Labute approximate surface area is 113 Å². The van der Waals surface area contributed by atoms with E-state index in [2.05, 4.69) is 4.98 Å². The number of imidazole rings is 1. The lowest BCUT2D eigenvalue weighted by Crippen LogP contribution is -2.05. The van der Waals surface area contributed by atoms with Crippen molar-refractivity contribution in [1.82, 2.24) is 9.55 Å². The molecule has 2 aromatic rings. The summed E-state index contributed by atoms with van der Waals surface area (Å²) in [6.45, 7) is 2.39. The number of aryl methyl sites for hydroxylation is 1. The lowest BCUT2D eigenvalue weighted by Gasteiger charge is -2.10. The number of nitrogens with zero attached hydrogens (tertiary/aromatic N) is 2. The first-order valence-corrected chi connectivity index (χ1v) is 6.07. The van der Waals surface area contributed by atoms with Crippen molar-refractivity contribution in [1.29, 1.82) is 0 Å². The monoisotopic (exact) mass is 261 g/mol. The summed E-state index contributed by atoms with van der Waals surface area (Å²) in [5, 5.41) is 0. The minimum Gasteiger partial charge on any atom is -0.497 e. The van der Waals surface area contributed by atoms with Gasteiger partial charge in [-0.2, -0.15) is 0 Å². The summed E-state index contributed by atoms with van der Waals surface area (Å²) in [5.41, 5.74) is 8.60. The average Bonchev–Trinajstić information content (AvgIpc) is 2.73. The van der Waals surface area contributed by atoms with E-state index in [1.165, 1.54) is 0 Å². The van der Waals surface area contributed by atoms with Gasteiger partial charge in [-0.1, -0.05) is 0 Å². The average molecular weight is 261 g/mol. The number of hydrogen-bond acceptors (Lipinski definition) is 4. The van der Waals surface area contributed by atoms with Crippen LogP contribution in [-0.2, 0) is 13.6 Å². The van der Waals surface area contributed by atoms with Crippen LogP contribution in [0.15, 0.2) is 18.2 Å². The quantitative estimate of drug-likeness (QED) is 0.912. The van der Waals surface area contributed by atoms with Crippen molar-refractivity contribution in [3.63, 3.8) is 0 Å². The van der Waals surface area contributed by atoms with E-state index >= 15 is 0 Å². The second kappa shape index (κ2) is 5.32. The molecule has 0 aliphatic heterocycles. The molecule has 102 valence electrons. The van der Waals surface area contributed by atoms with Gasteiger partial charge in [0.15, 0.2) is 0 Å². The molecule has 19 heavy (non-hydrogen) atoms. The summed E-state index contributed by atoms with van der Waals surface area (Å²) in [6.07, 6.45) is 0. The van der Waals surface area contributed by atoms with Crippen molar-refractivity contribution in [2.45, 2.75) is 13.5 Å². The molecule has 5 nitrogen and oxygen atoms in total. The zero-order chi connectivity index (χ0) is 14.0. The van der Waals surface area contributed by atoms with E-state index in [0.717, 1.165) is 34.3 Å². The molecule has 2 rings (SSSR count). The molecular weight excluding hydrogens is 242 g/mol. The number of nitrogens with two attached hydrogens (primary N) is 1. The molecule has 0 amide bonds. The fraction of sp³-hybridized carbons (Fsp3) is 0.357. The zero-order valence-corrected chi connectivity index (χ0v) is 11.7. The molecule has 0 unspecified atom stereocenters. The van der Waals surface area contributed by atoms with Crippen LogP contribution in [0, 0.1) is 6.92 Å². The molecule has 5 heteroatoms. The second-order valence-corrected chi connectivity index (χ2v) is 4.28. The maximum Gasteiger partial charge on any atom is 0.132 e. The summed E-state index contributed by atoms with van der Waals surface area (Å²) in [7, 11) is 5.23. The standard InChI is InChI=1S/C14H19N3O2/c1-9-16-14(12(8-15)17(9)2)11-6-5-10(18-3)7-13(11)19-4/h5-7H,8,15H2,1-4H3. The van der Waals surface area contributed by atoms with E-state index in [4.69, 9.17) is 15.2 Å². The van der Waals surface area contributed by atoms with Gasteiger partial charge in [0.25, 0.3) is 0 Å². The fourth-order valence-electron chi connectivity index (χ4n) is 2.10. The van der Waals surface area contributed by atoms with Crippen LogP contribution in [0.25, 0.3) is 11.3 Å². The topological polar surface area (TPSA) is 62.3 Å². The van der Waals surface area contributed by atoms with Gasteiger partial charge in [0.2, 0.25) is 0 Å². The molecule has 0 fully saturated rings. The van der Waals surface area contributed by atoms with Crippen molar-refractivity contribution in [2.75, 3.05) is 14.2 Å². The van der Waals surface area contributed by atoms with E-state index in [1.54, 1.807) is 14.2 Å². The molecular formula is C14H19N3O2. The number of methoxy groups -OCH3 is 2. The van der Waals surface area contributed by atoms with Gasteiger partial charge in [-0.15, -0.1) is 0 Å². The number of rotatable bonds is 4. The van der Waals surface area contributed by atoms with Gasteiger partial charge in [0.05, 0.1) is 25.6 Å². The molecule has 1 heterocycles. The Bertz CT molecular complexity index is 591. The Morgan fingerprint density at radius 3 is 2.58 bits per heavy atom. The fourth-order valence-corrected chi connectivity index (χ4v) is 2.10. The Morgan fingerprint density at radius 2 is 2.00 bits per heavy atom. The van der Waals surface area contributed by atoms with Crippen LogP contribution in [-0.4, -0.2) is 23.8 Å². The molecule has 0 atom stereocenters. The molecule has 0 aliphatic rings. The van der Waals surface area contributed by atoms with Gasteiger partial charge >= 0.3 is 0 Å². The van der Waals surface area contributed by atoms with Crippen molar-refractivity contribution >= 4 is 0 Å². The number of ether oxygens (including phenoxy) is 2. The first kappa shape index (κ1) is 13.4. The predicted molar refractivity (Wildman–Crippen MR) is 74.4 cm³/mol. The third-order valence-corrected chi connectivity index (χ3v) is 3.29. The minimum absolute atomic E-state index is 0.432. The SMILES string of the molecule is COc1ccc(-c2nc(C)n(C)c2CN)c(OC)c1. The lowest BCUT2D eigenvalue weighted by atomic mass is 10.1. The van der Waals surface area contributed by atoms with E-state index in [9.17, 15) is 0 Å². The minimum atomic E-state index is 0.432. The Balaban J connectivity index is 2.61. The van der Waals surface area contributed by atoms with Crippen LogP contribution in [0.3, 0.4) is 0 Å². The Hall–Kier alpha value is -2.01. The maximum atomic E-state index is 5.82. The zero-order valence-electron chi connectivity index (χ0n) is 11.7. The number of benzene rings is 1. The van der Waals surface area contributed by atoms with Gasteiger partial charge < -0.3 is 19.8 Å². The van der Waals surface area contributed by atoms with Crippen molar-refractivity contribution in [3.05, 3.63) is 29.7 Å². The molecule has 0 saturated carbocycles. The van der Waals surface area contributed by atoms with Crippen LogP contribution < -0.4 is 15.2 Å². The van der Waals surface area contributed by atoms with Crippen LogP contribution in [0.4, 0.5) is 0 Å². The number of hydrogen-bond donors (Lipinski definition) is 1. The summed E-state index contributed by atoms with van der Waals surface area (Å²) >= 11 is 0. The highest BCUT2D eigenvalue weighted by Crippen LogP contribution is 2.34. The van der Waals surface area contributed by atoms with Crippen molar-refractivity contribution < 1.29 is 9.47 Å². The molecule has 0 saturated heterocycles. The highest BCUT2D eigenvalue weighted by molar-refractivity contribution is 5.71. The van der Waals surface area contributed by atoms with Gasteiger partial charge in [0.1, 0.15) is 17.3 Å². The van der Waals surface area contributed by atoms with E-state index in [1.807, 2.05) is 36.7 Å². The third-order valence-electron chi connectivity index (χ3n) is 3.29. The molecule has 2 N–H and O–H groups in total.